The number of fused-ring (bicyclic) bond motifs is 1. The van der Waals surface area contributed by atoms with Crippen LogP contribution < -0.4 is 4.74 Å². The smallest absolute Gasteiger partial charge is 0.145 e. The first-order valence-corrected chi connectivity index (χ1v) is 8.76. The summed E-state index contributed by atoms with van der Waals surface area (Å²) in [6.45, 7) is 8.95. The average molecular weight is 346 g/mol. The quantitative estimate of drug-likeness (QED) is 0.722. The van der Waals surface area contributed by atoms with Gasteiger partial charge in [-0.25, -0.2) is 4.98 Å². The molecule has 0 unspecified atom stereocenters. The number of H-pyrrole nitrogens is 1. The SMILES string of the molecule is Cc1cccc(-c2[nH]c(C(C)(C)C)nc2-c2ccc3c(c2)N=CCO3)n1. The van der Waals surface area contributed by atoms with Crippen molar-refractivity contribution in [1.82, 2.24) is 15.0 Å². The third kappa shape index (κ3) is 3.01. The van der Waals surface area contributed by atoms with Gasteiger partial charge in [0.2, 0.25) is 0 Å². The highest BCUT2D eigenvalue weighted by Crippen LogP contribution is 2.38. The van der Waals surface area contributed by atoms with E-state index in [0.29, 0.717) is 6.61 Å². The van der Waals surface area contributed by atoms with Crippen molar-refractivity contribution in [2.75, 3.05) is 6.61 Å². The van der Waals surface area contributed by atoms with Crippen molar-refractivity contribution < 1.29 is 4.74 Å². The average Bonchev–Trinajstić information content (AvgIpc) is 3.07. The van der Waals surface area contributed by atoms with Gasteiger partial charge in [-0.1, -0.05) is 26.8 Å². The summed E-state index contributed by atoms with van der Waals surface area (Å²) in [6, 6.07) is 12.0. The molecule has 1 aliphatic heterocycles. The predicted octanol–water partition coefficient (Wildman–Crippen LogP) is 4.84. The Bertz CT molecular complexity index is 995. The highest BCUT2D eigenvalue weighted by molar-refractivity contribution is 5.81. The molecular formula is C21H22N4O. The van der Waals surface area contributed by atoms with E-state index in [1.807, 2.05) is 43.3 Å². The van der Waals surface area contributed by atoms with E-state index in [1.165, 1.54) is 0 Å². The molecule has 5 heteroatoms. The predicted molar refractivity (Wildman–Crippen MR) is 104 cm³/mol. The lowest BCUT2D eigenvalue weighted by Gasteiger charge is -2.14. The topological polar surface area (TPSA) is 63.2 Å². The van der Waals surface area contributed by atoms with Crippen LogP contribution in [0.2, 0.25) is 0 Å². The Hall–Kier alpha value is -2.95. The normalized spacial score (nSPS) is 13.4. The van der Waals surface area contributed by atoms with Gasteiger partial charge in [-0.3, -0.25) is 9.98 Å². The molecule has 1 N–H and O–H groups in total. The van der Waals surface area contributed by atoms with Crippen LogP contribution in [-0.4, -0.2) is 27.8 Å². The molecule has 3 aromatic rings. The molecule has 0 radical (unpaired) electrons. The molecular weight excluding hydrogens is 324 g/mol. The summed E-state index contributed by atoms with van der Waals surface area (Å²) >= 11 is 0. The zero-order chi connectivity index (χ0) is 18.3. The van der Waals surface area contributed by atoms with Gasteiger partial charge in [-0.05, 0) is 37.3 Å². The van der Waals surface area contributed by atoms with Gasteiger partial charge in [0.05, 0.1) is 17.1 Å². The number of hydrogen-bond donors (Lipinski definition) is 1. The number of aromatic nitrogens is 3. The van der Waals surface area contributed by atoms with Crippen LogP contribution in [0.25, 0.3) is 22.6 Å². The number of aryl methyl sites for hydroxylation is 1. The Morgan fingerprint density at radius 1 is 1.08 bits per heavy atom. The maximum absolute atomic E-state index is 5.61. The second-order valence-electron chi connectivity index (χ2n) is 7.53. The molecule has 132 valence electrons. The third-order valence-electron chi connectivity index (χ3n) is 4.33. The van der Waals surface area contributed by atoms with Crippen LogP contribution in [0.3, 0.4) is 0 Å². The van der Waals surface area contributed by atoms with E-state index in [1.54, 1.807) is 6.21 Å². The lowest BCUT2D eigenvalue weighted by atomic mass is 9.96. The standard InChI is InChI=1S/C21H22N4O/c1-13-6-5-7-15(23-13)19-18(24-20(25-19)21(2,3)4)14-8-9-17-16(12-14)22-10-11-26-17/h5-10,12H,11H2,1-4H3,(H,24,25). The molecule has 26 heavy (non-hydrogen) atoms. The second-order valence-corrected chi connectivity index (χ2v) is 7.53. The molecule has 0 atom stereocenters. The number of imidazole rings is 1. The fourth-order valence-corrected chi connectivity index (χ4v) is 2.96. The summed E-state index contributed by atoms with van der Waals surface area (Å²) in [5.41, 5.74) is 5.42. The first-order valence-electron chi connectivity index (χ1n) is 8.76. The van der Waals surface area contributed by atoms with Gasteiger partial charge in [0.15, 0.2) is 0 Å². The third-order valence-corrected chi connectivity index (χ3v) is 4.33. The molecule has 4 rings (SSSR count). The van der Waals surface area contributed by atoms with Crippen LogP contribution >= 0.6 is 0 Å². The van der Waals surface area contributed by atoms with E-state index in [2.05, 4.69) is 35.7 Å². The van der Waals surface area contributed by atoms with Crippen molar-refractivity contribution in [2.24, 2.45) is 4.99 Å². The van der Waals surface area contributed by atoms with Crippen LogP contribution in [-0.2, 0) is 5.41 Å². The van der Waals surface area contributed by atoms with Crippen molar-refractivity contribution in [3.8, 4) is 28.4 Å². The van der Waals surface area contributed by atoms with Gasteiger partial charge in [0.25, 0.3) is 0 Å². The Morgan fingerprint density at radius 3 is 2.69 bits per heavy atom. The summed E-state index contributed by atoms with van der Waals surface area (Å²) < 4.78 is 5.61. The minimum Gasteiger partial charge on any atom is -0.486 e. The Balaban J connectivity index is 1.90. The highest BCUT2D eigenvalue weighted by atomic mass is 16.5. The van der Waals surface area contributed by atoms with Crippen LogP contribution in [0.1, 0.15) is 32.3 Å². The van der Waals surface area contributed by atoms with Gasteiger partial charge in [0, 0.05) is 22.9 Å². The number of hydrogen-bond acceptors (Lipinski definition) is 4. The van der Waals surface area contributed by atoms with Crippen molar-refractivity contribution in [3.63, 3.8) is 0 Å². The number of nitrogens with zero attached hydrogens (tertiary/aromatic N) is 3. The van der Waals surface area contributed by atoms with E-state index < -0.39 is 0 Å². The fraction of sp³-hybridized carbons (Fsp3) is 0.286. The molecule has 0 aliphatic carbocycles. The van der Waals surface area contributed by atoms with Crippen molar-refractivity contribution in [3.05, 3.63) is 47.9 Å². The molecule has 0 bridgehead atoms. The summed E-state index contributed by atoms with van der Waals surface area (Å²) in [7, 11) is 0. The first-order chi connectivity index (χ1) is 12.4. The number of ether oxygens (including phenoxy) is 1. The molecule has 1 aliphatic rings. The zero-order valence-electron chi connectivity index (χ0n) is 15.5. The molecule has 0 spiro atoms. The Labute approximate surface area is 153 Å². The van der Waals surface area contributed by atoms with E-state index >= 15 is 0 Å². The summed E-state index contributed by atoms with van der Waals surface area (Å²) in [4.78, 5) is 17.6. The first kappa shape index (κ1) is 16.5. The number of nitrogens with one attached hydrogen (secondary N) is 1. The van der Waals surface area contributed by atoms with E-state index in [4.69, 9.17) is 9.72 Å². The van der Waals surface area contributed by atoms with Gasteiger partial charge in [0.1, 0.15) is 23.9 Å². The monoisotopic (exact) mass is 346 g/mol. The lowest BCUT2D eigenvalue weighted by molar-refractivity contribution is 0.377. The van der Waals surface area contributed by atoms with E-state index in [-0.39, 0.29) is 5.41 Å². The molecule has 0 saturated carbocycles. The minimum atomic E-state index is -0.0910. The Morgan fingerprint density at radius 2 is 1.92 bits per heavy atom. The number of aromatic amines is 1. The molecule has 0 saturated heterocycles. The molecule has 0 amide bonds. The number of aliphatic imine (C=N–C) groups is 1. The van der Waals surface area contributed by atoms with Crippen molar-refractivity contribution in [2.45, 2.75) is 33.1 Å². The van der Waals surface area contributed by atoms with Crippen LogP contribution in [0.5, 0.6) is 5.75 Å². The van der Waals surface area contributed by atoms with Crippen molar-refractivity contribution >= 4 is 11.9 Å². The maximum Gasteiger partial charge on any atom is 0.145 e. The lowest BCUT2D eigenvalue weighted by Crippen LogP contribution is -2.13. The van der Waals surface area contributed by atoms with E-state index in [0.717, 1.165) is 45.6 Å². The van der Waals surface area contributed by atoms with Crippen molar-refractivity contribution in [1.29, 1.82) is 0 Å². The largest absolute Gasteiger partial charge is 0.486 e. The van der Waals surface area contributed by atoms with Gasteiger partial charge >= 0.3 is 0 Å². The molecule has 1 aromatic carbocycles. The zero-order valence-corrected chi connectivity index (χ0v) is 15.5. The highest BCUT2D eigenvalue weighted by Gasteiger charge is 2.23. The van der Waals surface area contributed by atoms with E-state index in [9.17, 15) is 0 Å². The van der Waals surface area contributed by atoms with Crippen LogP contribution in [0.4, 0.5) is 5.69 Å². The van der Waals surface area contributed by atoms with Gasteiger partial charge in [-0.15, -0.1) is 0 Å². The number of benzene rings is 1. The minimum absolute atomic E-state index is 0.0910. The van der Waals surface area contributed by atoms with Gasteiger partial charge < -0.3 is 9.72 Å². The number of rotatable bonds is 2. The maximum atomic E-state index is 5.61. The fourth-order valence-electron chi connectivity index (χ4n) is 2.96. The molecule has 0 fully saturated rings. The van der Waals surface area contributed by atoms with Crippen LogP contribution in [0, 0.1) is 6.92 Å². The molecule has 5 nitrogen and oxygen atoms in total. The molecule has 3 heterocycles. The number of pyridine rings is 1. The second kappa shape index (κ2) is 6.09. The Kier molecular flexibility index (Phi) is 3.87. The summed E-state index contributed by atoms with van der Waals surface area (Å²) in [6.07, 6.45) is 1.78. The summed E-state index contributed by atoms with van der Waals surface area (Å²) in [5.74, 6) is 1.74. The van der Waals surface area contributed by atoms with Gasteiger partial charge in [-0.2, -0.15) is 0 Å². The summed E-state index contributed by atoms with van der Waals surface area (Å²) in [5, 5.41) is 0. The molecule has 2 aromatic heterocycles. The van der Waals surface area contributed by atoms with Crippen LogP contribution in [0.15, 0.2) is 41.4 Å².